The molecule has 1 aliphatic heterocycles. The van der Waals surface area contributed by atoms with Crippen LogP contribution < -0.4 is 5.32 Å². The van der Waals surface area contributed by atoms with Crippen LogP contribution in [0.15, 0.2) is 0 Å². The maximum Gasteiger partial charge on any atom is 0.401 e. The predicted molar refractivity (Wildman–Crippen MR) is 62.1 cm³/mol. The third-order valence-corrected chi connectivity index (χ3v) is 3.25. The normalized spacial score (nSPS) is 21.7. The molecule has 0 radical (unpaired) electrons. The molecule has 0 amide bonds. The Balaban J connectivity index is 2.26. The zero-order valence-electron chi connectivity index (χ0n) is 10.6. The fourth-order valence-corrected chi connectivity index (χ4v) is 2.12. The summed E-state index contributed by atoms with van der Waals surface area (Å²) < 4.78 is 36.6. The van der Waals surface area contributed by atoms with Crippen molar-refractivity contribution in [2.75, 3.05) is 46.3 Å². The van der Waals surface area contributed by atoms with Crippen molar-refractivity contribution in [1.29, 1.82) is 0 Å². The Morgan fingerprint density at radius 3 is 2.06 bits per heavy atom. The van der Waals surface area contributed by atoms with Gasteiger partial charge in [-0.1, -0.05) is 6.92 Å². The van der Waals surface area contributed by atoms with Crippen LogP contribution in [0.25, 0.3) is 0 Å². The van der Waals surface area contributed by atoms with Gasteiger partial charge in [-0.05, 0) is 13.5 Å². The summed E-state index contributed by atoms with van der Waals surface area (Å²) in [6, 6.07) is 0.434. The first-order chi connectivity index (χ1) is 7.94. The number of hydrogen-bond acceptors (Lipinski definition) is 3. The van der Waals surface area contributed by atoms with Gasteiger partial charge < -0.3 is 5.32 Å². The fourth-order valence-electron chi connectivity index (χ4n) is 2.12. The van der Waals surface area contributed by atoms with E-state index in [-0.39, 0.29) is 0 Å². The molecule has 102 valence electrons. The molecule has 1 saturated heterocycles. The van der Waals surface area contributed by atoms with Crippen LogP contribution in [-0.2, 0) is 0 Å². The molecule has 0 bridgehead atoms. The summed E-state index contributed by atoms with van der Waals surface area (Å²) in [5.41, 5.74) is 0. The number of alkyl halides is 3. The van der Waals surface area contributed by atoms with Crippen LogP contribution >= 0.6 is 0 Å². The Bertz CT molecular complexity index is 208. The second kappa shape index (κ2) is 6.56. The molecule has 1 atom stereocenters. The molecule has 0 aromatic heterocycles. The van der Waals surface area contributed by atoms with Crippen LogP contribution in [0.5, 0.6) is 0 Å². The van der Waals surface area contributed by atoms with Gasteiger partial charge in [0.2, 0.25) is 0 Å². The monoisotopic (exact) mass is 253 g/mol. The molecular formula is C11H22F3N3. The van der Waals surface area contributed by atoms with E-state index in [1.807, 2.05) is 7.05 Å². The van der Waals surface area contributed by atoms with Gasteiger partial charge in [0.1, 0.15) is 0 Å². The number of nitrogens with zero attached hydrogens (tertiary/aromatic N) is 2. The molecular weight excluding hydrogens is 231 g/mol. The standard InChI is InChI=1S/C11H22F3N3/c1-3-10(15-2)8-16-4-6-17(7-5-16)9-11(12,13)14/h10,15H,3-9H2,1-2H3. The molecule has 1 aliphatic rings. The number of piperazine rings is 1. The number of hydrogen-bond donors (Lipinski definition) is 1. The highest BCUT2D eigenvalue weighted by atomic mass is 19.4. The van der Waals surface area contributed by atoms with Crippen molar-refractivity contribution in [2.45, 2.75) is 25.6 Å². The van der Waals surface area contributed by atoms with Crippen molar-refractivity contribution in [3.63, 3.8) is 0 Å². The lowest BCUT2D eigenvalue weighted by Crippen LogP contribution is -2.51. The van der Waals surface area contributed by atoms with Crippen LogP contribution in [0.1, 0.15) is 13.3 Å². The van der Waals surface area contributed by atoms with Gasteiger partial charge >= 0.3 is 6.18 Å². The van der Waals surface area contributed by atoms with Gasteiger partial charge in [-0.15, -0.1) is 0 Å². The van der Waals surface area contributed by atoms with Gasteiger partial charge in [-0.3, -0.25) is 9.80 Å². The van der Waals surface area contributed by atoms with Crippen molar-refractivity contribution >= 4 is 0 Å². The summed E-state index contributed by atoms with van der Waals surface area (Å²) in [4.78, 5) is 3.72. The molecule has 0 saturated carbocycles. The molecule has 0 aromatic rings. The summed E-state index contributed by atoms with van der Waals surface area (Å²) in [5.74, 6) is 0. The van der Waals surface area contributed by atoms with E-state index >= 15 is 0 Å². The van der Waals surface area contributed by atoms with E-state index in [9.17, 15) is 13.2 Å². The number of nitrogens with one attached hydrogen (secondary N) is 1. The molecule has 1 N–H and O–H groups in total. The number of rotatable bonds is 5. The van der Waals surface area contributed by atoms with Gasteiger partial charge in [0.15, 0.2) is 0 Å². The van der Waals surface area contributed by atoms with Gasteiger partial charge in [0.25, 0.3) is 0 Å². The quantitative estimate of drug-likeness (QED) is 0.793. The largest absolute Gasteiger partial charge is 0.401 e. The van der Waals surface area contributed by atoms with E-state index in [2.05, 4.69) is 17.1 Å². The minimum atomic E-state index is -4.07. The lowest BCUT2D eigenvalue weighted by atomic mass is 10.2. The smallest absolute Gasteiger partial charge is 0.316 e. The van der Waals surface area contributed by atoms with E-state index in [1.165, 1.54) is 4.90 Å². The molecule has 1 rings (SSSR count). The lowest BCUT2D eigenvalue weighted by molar-refractivity contribution is -0.149. The topological polar surface area (TPSA) is 18.5 Å². The summed E-state index contributed by atoms with van der Waals surface area (Å²) in [5, 5.41) is 3.21. The number of halogens is 3. The van der Waals surface area contributed by atoms with Crippen molar-refractivity contribution < 1.29 is 13.2 Å². The van der Waals surface area contributed by atoms with Crippen molar-refractivity contribution in [1.82, 2.24) is 15.1 Å². The molecule has 3 nitrogen and oxygen atoms in total. The van der Waals surface area contributed by atoms with Crippen molar-refractivity contribution in [3.8, 4) is 0 Å². The Hall–Kier alpha value is -0.330. The fraction of sp³-hybridized carbons (Fsp3) is 1.00. The lowest BCUT2D eigenvalue weighted by Gasteiger charge is -2.36. The van der Waals surface area contributed by atoms with Crippen molar-refractivity contribution in [3.05, 3.63) is 0 Å². The Morgan fingerprint density at radius 1 is 1.12 bits per heavy atom. The summed E-state index contributed by atoms with van der Waals surface area (Å²) >= 11 is 0. The molecule has 0 spiro atoms. The van der Waals surface area contributed by atoms with Crippen LogP contribution in [-0.4, -0.2) is 68.3 Å². The zero-order valence-corrected chi connectivity index (χ0v) is 10.6. The summed E-state index contributed by atoms with van der Waals surface area (Å²) in [6.45, 7) is 4.75. The second-order valence-electron chi connectivity index (χ2n) is 4.59. The maximum absolute atomic E-state index is 12.2. The van der Waals surface area contributed by atoms with E-state index in [0.29, 0.717) is 19.1 Å². The van der Waals surface area contributed by atoms with Gasteiger partial charge in [0, 0.05) is 38.8 Å². The highest BCUT2D eigenvalue weighted by Crippen LogP contribution is 2.17. The van der Waals surface area contributed by atoms with Crippen LogP contribution in [0.3, 0.4) is 0 Å². The summed E-state index contributed by atoms with van der Waals surface area (Å²) in [6.07, 6.45) is -3.03. The van der Waals surface area contributed by atoms with E-state index < -0.39 is 12.7 Å². The molecule has 1 unspecified atom stereocenters. The second-order valence-corrected chi connectivity index (χ2v) is 4.59. The average molecular weight is 253 g/mol. The third kappa shape index (κ3) is 5.70. The molecule has 17 heavy (non-hydrogen) atoms. The Labute approximate surface area is 101 Å². The molecule has 1 heterocycles. The van der Waals surface area contributed by atoms with Crippen LogP contribution in [0.2, 0.25) is 0 Å². The molecule has 0 aliphatic carbocycles. The maximum atomic E-state index is 12.2. The first-order valence-electron chi connectivity index (χ1n) is 6.13. The van der Waals surface area contributed by atoms with E-state index in [4.69, 9.17) is 0 Å². The first kappa shape index (κ1) is 14.7. The van der Waals surface area contributed by atoms with Gasteiger partial charge in [-0.25, -0.2) is 0 Å². The van der Waals surface area contributed by atoms with Crippen LogP contribution in [0, 0.1) is 0 Å². The zero-order chi connectivity index (χ0) is 12.9. The van der Waals surface area contributed by atoms with Crippen LogP contribution in [0.4, 0.5) is 13.2 Å². The predicted octanol–water partition coefficient (Wildman–Crippen LogP) is 1.16. The minimum absolute atomic E-state index is 0.434. The summed E-state index contributed by atoms with van der Waals surface area (Å²) in [7, 11) is 1.92. The average Bonchev–Trinajstić information content (AvgIpc) is 2.26. The molecule has 0 aromatic carbocycles. The third-order valence-electron chi connectivity index (χ3n) is 3.25. The highest BCUT2D eigenvalue weighted by molar-refractivity contribution is 4.77. The minimum Gasteiger partial charge on any atom is -0.316 e. The Kier molecular flexibility index (Phi) is 5.69. The molecule has 6 heteroatoms. The van der Waals surface area contributed by atoms with E-state index in [1.54, 1.807) is 0 Å². The SMILES string of the molecule is CCC(CN1CCN(CC(F)(F)F)CC1)NC. The highest BCUT2D eigenvalue weighted by Gasteiger charge is 2.32. The first-order valence-corrected chi connectivity index (χ1v) is 6.13. The van der Waals surface area contributed by atoms with Crippen molar-refractivity contribution in [2.24, 2.45) is 0 Å². The number of likely N-dealkylation sites (N-methyl/N-ethyl adjacent to an activating group) is 1. The van der Waals surface area contributed by atoms with Gasteiger partial charge in [0.05, 0.1) is 6.54 Å². The van der Waals surface area contributed by atoms with Gasteiger partial charge in [-0.2, -0.15) is 13.2 Å². The van der Waals surface area contributed by atoms with E-state index in [0.717, 1.165) is 26.1 Å². The molecule has 1 fully saturated rings. The Morgan fingerprint density at radius 2 is 1.65 bits per heavy atom.